The molecule has 1 aromatic heterocycles. The van der Waals surface area contributed by atoms with Gasteiger partial charge in [-0.3, -0.25) is 9.89 Å². The van der Waals surface area contributed by atoms with Crippen LogP contribution < -0.4 is 0 Å². The Morgan fingerprint density at radius 1 is 1.19 bits per heavy atom. The van der Waals surface area contributed by atoms with Crippen LogP contribution in [-0.2, 0) is 21.4 Å². The number of sulfonamides is 1. The summed E-state index contributed by atoms with van der Waals surface area (Å²) in [6.07, 6.45) is 0. The maximum Gasteiger partial charge on any atom is 0.246 e. The fourth-order valence-electron chi connectivity index (χ4n) is 2.78. The summed E-state index contributed by atoms with van der Waals surface area (Å²) in [4.78, 5) is 14.6. The molecule has 0 saturated carbocycles. The largest absolute Gasteiger partial charge is 0.335 e. The van der Waals surface area contributed by atoms with Gasteiger partial charge in [0.25, 0.3) is 0 Å². The normalized spacial score (nSPS) is 12.0. The summed E-state index contributed by atoms with van der Waals surface area (Å²) < 4.78 is 26.7. The molecule has 0 aliphatic carbocycles. The van der Waals surface area contributed by atoms with E-state index in [0.29, 0.717) is 17.9 Å². The Morgan fingerprint density at radius 2 is 1.81 bits per heavy atom. The SMILES string of the molecule is Cc1n[nH]c(C)c1S(=O)(=O)N(C)CC(=O)N(Cc1ccccc1)C(C)C. The number of aromatic nitrogens is 2. The van der Waals surface area contributed by atoms with Crippen LogP contribution in [0, 0.1) is 13.8 Å². The summed E-state index contributed by atoms with van der Waals surface area (Å²) in [6.45, 7) is 7.33. The smallest absolute Gasteiger partial charge is 0.246 e. The molecule has 1 heterocycles. The number of likely N-dealkylation sites (N-methyl/N-ethyl adjacent to an activating group) is 1. The highest BCUT2D eigenvalue weighted by Gasteiger charge is 2.30. The first-order valence-electron chi connectivity index (χ1n) is 8.46. The summed E-state index contributed by atoms with van der Waals surface area (Å²) in [5, 5.41) is 6.61. The van der Waals surface area contributed by atoms with Crippen molar-refractivity contribution in [3.05, 3.63) is 47.3 Å². The number of H-pyrrole nitrogens is 1. The maximum absolute atomic E-state index is 12.8. The molecular weight excluding hydrogens is 352 g/mol. The molecule has 142 valence electrons. The molecule has 0 unspecified atom stereocenters. The zero-order chi connectivity index (χ0) is 19.5. The molecule has 0 aliphatic heterocycles. The van der Waals surface area contributed by atoms with Crippen molar-refractivity contribution in [1.29, 1.82) is 0 Å². The monoisotopic (exact) mass is 378 g/mol. The predicted molar refractivity (Wildman–Crippen MR) is 100 cm³/mol. The summed E-state index contributed by atoms with van der Waals surface area (Å²) in [5.41, 5.74) is 1.86. The second-order valence-corrected chi connectivity index (χ2v) is 8.61. The quantitative estimate of drug-likeness (QED) is 0.799. The molecule has 2 rings (SSSR count). The Balaban J connectivity index is 2.18. The minimum Gasteiger partial charge on any atom is -0.335 e. The molecule has 0 saturated heterocycles. The zero-order valence-corrected chi connectivity index (χ0v) is 16.7. The van der Waals surface area contributed by atoms with E-state index in [1.807, 2.05) is 44.2 Å². The molecule has 26 heavy (non-hydrogen) atoms. The first-order valence-corrected chi connectivity index (χ1v) is 9.90. The van der Waals surface area contributed by atoms with E-state index >= 15 is 0 Å². The fraction of sp³-hybridized carbons (Fsp3) is 0.444. The lowest BCUT2D eigenvalue weighted by Gasteiger charge is -2.29. The van der Waals surface area contributed by atoms with E-state index in [9.17, 15) is 13.2 Å². The number of carbonyl (C=O) groups is 1. The Morgan fingerprint density at radius 3 is 2.31 bits per heavy atom. The second-order valence-electron chi connectivity index (χ2n) is 6.63. The van der Waals surface area contributed by atoms with Gasteiger partial charge in [0.2, 0.25) is 15.9 Å². The lowest BCUT2D eigenvalue weighted by atomic mass is 10.2. The van der Waals surface area contributed by atoms with Crippen LogP contribution in [0.3, 0.4) is 0 Å². The maximum atomic E-state index is 12.8. The molecule has 0 spiro atoms. The average molecular weight is 378 g/mol. The number of carbonyl (C=O) groups excluding carboxylic acids is 1. The number of aryl methyl sites for hydroxylation is 2. The Labute approximate surface area is 155 Å². The predicted octanol–water partition coefficient (Wildman–Crippen LogP) is 2.08. The first kappa shape index (κ1) is 20.1. The fourth-order valence-corrected chi connectivity index (χ4v) is 4.23. The number of nitrogens with zero attached hydrogens (tertiary/aromatic N) is 3. The summed E-state index contributed by atoms with van der Waals surface area (Å²) in [7, 11) is -2.38. The van der Waals surface area contributed by atoms with Gasteiger partial charge in [0, 0.05) is 19.6 Å². The topological polar surface area (TPSA) is 86.4 Å². The highest BCUT2D eigenvalue weighted by atomic mass is 32.2. The first-order chi connectivity index (χ1) is 12.1. The molecule has 1 aromatic carbocycles. The molecule has 0 bridgehead atoms. The zero-order valence-electron chi connectivity index (χ0n) is 15.9. The third-order valence-corrected chi connectivity index (χ3v) is 6.29. The van der Waals surface area contributed by atoms with Crippen molar-refractivity contribution in [2.24, 2.45) is 0 Å². The molecule has 0 fully saturated rings. The van der Waals surface area contributed by atoms with E-state index in [1.165, 1.54) is 7.05 Å². The van der Waals surface area contributed by atoms with Crippen molar-refractivity contribution >= 4 is 15.9 Å². The average Bonchev–Trinajstić information content (AvgIpc) is 2.92. The standard InChI is InChI=1S/C18H26N4O3S/c1-13(2)22(11-16-9-7-6-8-10-16)17(23)12-21(5)26(24,25)18-14(3)19-20-15(18)4/h6-10,13H,11-12H2,1-5H3,(H,19,20). The molecule has 8 heteroatoms. The highest BCUT2D eigenvalue weighted by Crippen LogP contribution is 2.21. The van der Waals surface area contributed by atoms with Gasteiger partial charge in [0.05, 0.1) is 17.9 Å². The Bertz CT molecular complexity index is 840. The van der Waals surface area contributed by atoms with E-state index in [1.54, 1.807) is 18.7 Å². The number of hydrogen-bond acceptors (Lipinski definition) is 4. The van der Waals surface area contributed by atoms with Gasteiger partial charge in [-0.15, -0.1) is 0 Å². The Hall–Kier alpha value is -2.19. The van der Waals surface area contributed by atoms with Crippen LogP contribution >= 0.6 is 0 Å². The number of rotatable bonds is 7. The number of hydrogen-bond donors (Lipinski definition) is 1. The van der Waals surface area contributed by atoms with Crippen LogP contribution in [0.25, 0.3) is 0 Å². The summed E-state index contributed by atoms with van der Waals surface area (Å²) in [6, 6.07) is 9.60. The highest BCUT2D eigenvalue weighted by molar-refractivity contribution is 7.89. The van der Waals surface area contributed by atoms with Crippen LogP contribution in [0.4, 0.5) is 0 Å². The number of benzene rings is 1. The number of nitrogens with one attached hydrogen (secondary N) is 1. The lowest BCUT2D eigenvalue weighted by Crippen LogP contribution is -2.44. The van der Waals surface area contributed by atoms with Gasteiger partial charge in [0.1, 0.15) is 4.90 Å². The van der Waals surface area contributed by atoms with E-state index in [-0.39, 0.29) is 23.4 Å². The van der Waals surface area contributed by atoms with Crippen molar-refractivity contribution in [3.63, 3.8) is 0 Å². The van der Waals surface area contributed by atoms with Crippen molar-refractivity contribution in [1.82, 2.24) is 19.4 Å². The van der Waals surface area contributed by atoms with Gasteiger partial charge in [-0.2, -0.15) is 9.40 Å². The van der Waals surface area contributed by atoms with Crippen LogP contribution in [0.5, 0.6) is 0 Å². The van der Waals surface area contributed by atoms with Gasteiger partial charge in [0.15, 0.2) is 0 Å². The second kappa shape index (κ2) is 8.01. The van der Waals surface area contributed by atoms with E-state index in [4.69, 9.17) is 0 Å². The van der Waals surface area contributed by atoms with Crippen LogP contribution in [0.2, 0.25) is 0 Å². The molecular formula is C18H26N4O3S. The molecule has 0 atom stereocenters. The van der Waals surface area contributed by atoms with Crippen LogP contribution in [-0.4, -0.2) is 53.4 Å². The molecule has 1 N–H and O–H groups in total. The van der Waals surface area contributed by atoms with Crippen molar-refractivity contribution in [2.75, 3.05) is 13.6 Å². The van der Waals surface area contributed by atoms with Crippen molar-refractivity contribution in [3.8, 4) is 0 Å². The number of amides is 1. The van der Waals surface area contributed by atoms with Crippen LogP contribution in [0.1, 0.15) is 30.8 Å². The summed E-state index contributed by atoms with van der Waals surface area (Å²) >= 11 is 0. The van der Waals surface area contributed by atoms with Gasteiger partial charge >= 0.3 is 0 Å². The molecule has 0 aliphatic rings. The molecule has 1 amide bonds. The van der Waals surface area contributed by atoms with Gasteiger partial charge in [-0.1, -0.05) is 30.3 Å². The van der Waals surface area contributed by atoms with E-state index in [2.05, 4.69) is 10.2 Å². The number of aromatic amines is 1. The van der Waals surface area contributed by atoms with E-state index in [0.717, 1.165) is 9.87 Å². The minimum atomic E-state index is -3.79. The third-order valence-electron chi connectivity index (χ3n) is 4.23. The van der Waals surface area contributed by atoms with Crippen LogP contribution in [0.15, 0.2) is 35.2 Å². The lowest BCUT2D eigenvalue weighted by molar-refractivity contribution is -0.133. The molecule has 2 aromatic rings. The van der Waals surface area contributed by atoms with Crippen molar-refractivity contribution in [2.45, 2.75) is 45.2 Å². The van der Waals surface area contributed by atoms with Gasteiger partial charge < -0.3 is 4.90 Å². The minimum absolute atomic E-state index is 0.0452. The van der Waals surface area contributed by atoms with Crippen molar-refractivity contribution < 1.29 is 13.2 Å². The molecule has 0 radical (unpaired) electrons. The van der Waals surface area contributed by atoms with E-state index < -0.39 is 10.0 Å². The van der Waals surface area contributed by atoms with Gasteiger partial charge in [-0.25, -0.2) is 8.42 Å². The molecule has 7 nitrogen and oxygen atoms in total. The van der Waals surface area contributed by atoms with Gasteiger partial charge in [-0.05, 0) is 33.3 Å². The third kappa shape index (κ3) is 4.31. The summed E-state index contributed by atoms with van der Waals surface area (Å²) in [5.74, 6) is -0.242. The Kier molecular flexibility index (Phi) is 6.20.